The van der Waals surface area contributed by atoms with Crippen LogP contribution in [-0.4, -0.2) is 29.2 Å². The molecular weight excluding hydrogens is 330 g/mol. The second kappa shape index (κ2) is 5.29. The molecule has 2 bridgehead atoms. The minimum absolute atomic E-state index is 0.173. The number of allylic oxidation sites excluding steroid dienone is 2. The van der Waals surface area contributed by atoms with Gasteiger partial charge in [-0.2, -0.15) is 0 Å². The monoisotopic (exact) mass is 351 g/mol. The summed E-state index contributed by atoms with van der Waals surface area (Å²) in [5, 5.41) is 0. The molecule has 1 heterocycles. The predicted octanol–water partition coefficient (Wildman–Crippen LogP) is 2.26. The lowest BCUT2D eigenvalue weighted by Gasteiger charge is -2.37. The van der Waals surface area contributed by atoms with Crippen molar-refractivity contribution in [2.45, 2.75) is 20.3 Å². The molecule has 5 heteroatoms. The Labute approximate surface area is 152 Å². The van der Waals surface area contributed by atoms with Crippen LogP contribution in [0.25, 0.3) is 0 Å². The third-order valence-corrected chi connectivity index (χ3v) is 6.47. The van der Waals surface area contributed by atoms with Crippen molar-refractivity contribution in [3.8, 4) is 5.75 Å². The average molecular weight is 351 g/mol. The van der Waals surface area contributed by atoms with Gasteiger partial charge in [-0.25, -0.2) is 4.79 Å². The van der Waals surface area contributed by atoms with Crippen molar-refractivity contribution in [1.82, 2.24) is 4.90 Å². The highest BCUT2D eigenvalue weighted by atomic mass is 16.5. The maximum Gasteiger partial charge on any atom is 0.331 e. The molecule has 134 valence electrons. The lowest BCUT2D eigenvalue weighted by Crippen LogP contribution is -2.40. The van der Waals surface area contributed by atoms with Crippen LogP contribution in [0, 0.1) is 49.4 Å². The number of nitrogens with zero attached hydrogens (tertiary/aromatic N) is 1. The van der Waals surface area contributed by atoms with Crippen molar-refractivity contribution >= 4 is 17.8 Å². The van der Waals surface area contributed by atoms with Crippen LogP contribution in [0.1, 0.15) is 17.5 Å². The van der Waals surface area contributed by atoms with Gasteiger partial charge in [0.25, 0.3) is 0 Å². The van der Waals surface area contributed by atoms with Gasteiger partial charge in [-0.05, 0) is 67.2 Å². The highest BCUT2D eigenvalue weighted by Crippen LogP contribution is 2.65. The zero-order valence-corrected chi connectivity index (χ0v) is 14.8. The standard InChI is InChI=1S/C21H21NO4/c1-10-5-11(2)7-12(6-10)26-17(23)9-22-20(24)18-13-3-4-14(16-8-15(13)16)19(18)21(22)25/h3-7,13-16,18-19H,8-9H2,1-2H3/t13-,14-,15-,16+,18+,19+/m0/s1. The van der Waals surface area contributed by atoms with Gasteiger partial charge in [-0.3, -0.25) is 14.5 Å². The van der Waals surface area contributed by atoms with Crippen molar-refractivity contribution in [1.29, 1.82) is 0 Å². The fourth-order valence-corrected chi connectivity index (χ4v) is 5.46. The number of amides is 2. The van der Waals surface area contributed by atoms with Crippen molar-refractivity contribution in [3.63, 3.8) is 0 Å². The molecule has 1 aliphatic heterocycles. The van der Waals surface area contributed by atoms with Crippen molar-refractivity contribution < 1.29 is 19.1 Å². The Kier molecular flexibility index (Phi) is 3.21. The second-order valence-corrected chi connectivity index (χ2v) is 8.21. The van der Waals surface area contributed by atoms with E-state index in [1.54, 1.807) is 12.1 Å². The van der Waals surface area contributed by atoms with E-state index in [9.17, 15) is 14.4 Å². The van der Waals surface area contributed by atoms with Gasteiger partial charge in [0, 0.05) is 0 Å². The molecule has 5 nitrogen and oxygen atoms in total. The van der Waals surface area contributed by atoms with Crippen LogP contribution in [0.2, 0.25) is 0 Å². The molecule has 1 aromatic carbocycles. The highest BCUT2D eigenvalue weighted by Gasteiger charge is 2.67. The Balaban J connectivity index is 1.33. The summed E-state index contributed by atoms with van der Waals surface area (Å²) in [6.07, 6.45) is 5.38. The summed E-state index contributed by atoms with van der Waals surface area (Å²) in [5.74, 6) is 0.427. The van der Waals surface area contributed by atoms with Gasteiger partial charge in [0.05, 0.1) is 11.8 Å². The Morgan fingerprint density at radius 3 is 2.08 bits per heavy atom. The van der Waals surface area contributed by atoms with E-state index in [1.807, 2.05) is 19.9 Å². The first-order valence-electron chi connectivity index (χ1n) is 9.26. The lowest BCUT2D eigenvalue weighted by molar-refractivity contribution is -0.148. The van der Waals surface area contributed by atoms with E-state index in [-0.39, 0.29) is 42.0 Å². The topological polar surface area (TPSA) is 63.7 Å². The van der Waals surface area contributed by atoms with Crippen LogP contribution in [0.4, 0.5) is 0 Å². The smallest absolute Gasteiger partial charge is 0.331 e. The SMILES string of the molecule is Cc1cc(C)cc(OC(=O)CN2C(=O)[C@@H]3[C@H]4C=C[C@@H]([C@@H]5C[C@H]45)[C@H]3C2=O)c1. The Hall–Kier alpha value is -2.43. The number of rotatable bonds is 3. The quantitative estimate of drug-likeness (QED) is 0.363. The maximum absolute atomic E-state index is 12.9. The van der Waals surface area contributed by atoms with Gasteiger partial charge in [0.1, 0.15) is 12.3 Å². The molecule has 1 saturated heterocycles. The van der Waals surface area contributed by atoms with E-state index in [4.69, 9.17) is 4.74 Å². The van der Waals surface area contributed by atoms with Crippen molar-refractivity contribution in [3.05, 3.63) is 41.5 Å². The molecule has 3 fully saturated rings. The number of aryl methyl sites for hydroxylation is 2. The Morgan fingerprint density at radius 1 is 1.00 bits per heavy atom. The van der Waals surface area contributed by atoms with Crippen LogP contribution >= 0.6 is 0 Å². The van der Waals surface area contributed by atoms with Gasteiger partial charge < -0.3 is 4.74 Å². The third-order valence-electron chi connectivity index (χ3n) is 6.47. The first-order valence-corrected chi connectivity index (χ1v) is 9.26. The van der Waals surface area contributed by atoms with Gasteiger partial charge in [-0.1, -0.05) is 18.2 Å². The van der Waals surface area contributed by atoms with E-state index >= 15 is 0 Å². The molecule has 26 heavy (non-hydrogen) atoms. The molecule has 6 rings (SSSR count). The predicted molar refractivity (Wildman–Crippen MR) is 93.0 cm³/mol. The first-order chi connectivity index (χ1) is 12.4. The summed E-state index contributed by atoms with van der Waals surface area (Å²) < 4.78 is 5.39. The summed E-state index contributed by atoms with van der Waals surface area (Å²) in [6, 6.07) is 5.54. The van der Waals surface area contributed by atoms with Crippen LogP contribution in [0.15, 0.2) is 30.4 Å². The minimum atomic E-state index is -0.569. The number of carbonyl (C=O) groups excluding carboxylic acids is 3. The molecule has 4 aliphatic carbocycles. The number of hydrogen-bond acceptors (Lipinski definition) is 4. The number of esters is 1. The zero-order valence-electron chi connectivity index (χ0n) is 14.8. The number of ether oxygens (including phenoxy) is 1. The van der Waals surface area contributed by atoms with E-state index in [0.29, 0.717) is 17.6 Å². The van der Waals surface area contributed by atoms with Gasteiger partial charge >= 0.3 is 5.97 Å². The van der Waals surface area contributed by atoms with Crippen LogP contribution in [-0.2, 0) is 14.4 Å². The van der Waals surface area contributed by atoms with Crippen LogP contribution < -0.4 is 4.74 Å². The summed E-state index contributed by atoms with van der Waals surface area (Å²) in [5.41, 5.74) is 1.99. The minimum Gasteiger partial charge on any atom is -0.425 e. The Morgan fingerprint density at radius 2 is 1.54 bits per heavy atom. The van der Waals surface area contributed by atoms with E-state index in [2.05, 4.69) is 12.2 Å². The fraction of sp³-hybridized carbons (Fsp3) is 0.476. The van der Waals surface area contributed by atoms with Crippen LogP contribution in [0.3, 0.4) is 0 Å². The van der Waals surface area contributed by atoms with Crippen molar-refractivity contribution in [2.24, 2.45) is 35.5 Å². The lowest BCUT2D eigenvalue weighted by atomic mass is 9.63. The summed E-state index contributed by atoms with van der Waals surface area (Å²) in [7, 11) is 0. The highest BCUT2D eigenvalue weighted by molar-refractivity contribution is 6.08. The second-order valence-electron chi connectivity index (χ2n) is 8.21. The third kappa shape index (κ3) is 2.19. The molecule has 1 aromatic rings. The molecule has 5 aliphatic rings. The normalized spacial score (nSPS) is 36.2. The number of benzene rings is 1. The van der Waals surface area contributed by atoms with E-state index in [1.165, 1.54) is 0 Å². The fourth-order valence-electron chi connectivity index (χ4n) is 5.46. The molecule has 0 aromatic heterocycles. The molecule has 0 radical (unpaired) electrons. The van der Waals surface area contributed by atoms with Gasteiger partial charge in [-0.15, -0.1) is 0 Å². The average Bonchev–Trinajstić information content (AvgIpc) is 3.35. The number of hydrogen-bond donors (Lipinski definition) is 0. The Bertz CT molecular complexity index is 817. The van der Waals surface area contributed by atoms with Crippen molar-refractivity contribution in [2.75, 3.05) is 6.54 Å². The molecule has 0 unspecified atom stereocenters. The molecule has 0 N–H and O–H groups in total. The number of likely N-dealkylation sites (tertiary alicyclic amines) is 1. The van der Waals surface area contributed by atoms with Crippen LogP contribution in [0.5, 0.6) is 5.75 Å². The van der Waals surface area contributed by atoms with Gasteiger partial charge in [0.2, 0.25) is 11.8 Å². The molecule has 2 saturated carbocycles. The largest absolute Gasteiger partial charge is 0.425 e. The maximum atomic E-state index is 12.9. The van der Waals surface area contributed by atoms with E-state index in [0.717, 1.165) is 22.4 Å². The zero-order chi connectivity index (χ0) is 18.2. The first kappa shape index (κ1) is 15.8. The van der Waals surface area contributed by atoms with Gasteiger partial charge in [0.15, 0.2) is 0 Å². The van der Waals surface area contributed by atoms with E-state index < -0.39 is 5.97 Å². The molecular formula is C21H21NO4. The molecule has 0 spiro atoms. The number of carbonyl (C=O) groups is 3. The summed E-state index contributed by atoms with van der Waals surface area (Å²) in [6.45, 7) is 3.56. The number of imide groups is 1. The summed E-state index contributed by atoms with van der Waals surface area (Å²) >= 11 is 0. The molecule has 2 amide bonds. The molecule has 6 atom stereocenters. The summed E-state index contributed by atoms with van der Waals surface area (Å²) in [4.78, 5) is 39.2.